The monoisotopic (exact) mass is 370 g/mol. The lowest BCUT2D eigenvalue weighted by atomic mass is 9.85. The Bertz CT molecular complexity index is 902. The van der Waals surface area contributed by atoms with Crippen molar-refractivity contribution < 1.29 is 19.1 Å². The lowest BCUT2D eigenvalue weighted by Crippen LogP contribution is -2.30. The number of ether oxygens (including phenoxy) is 2. The van der Waals surface area contributed by atoms with Gasteiger partial charge in [0.2, 0.25) is 6.79 Å². The zero-order chi connectivity index (χ0) is 17.6. The number of hydrogen-bond donors (Lipinski definition) is 0. The summed E-state index contributed by atoms with van der Waals surface area (Å²) in [6.07, 6.45) is 7.99. The Morgan fingerprint density at radius 3 is 2.31 bits per heavy atom. The summed E-state index contributed by atoms with van der Waals surface area (Å²) in [6.45, 7) is 0.149. The summed E-state index contributed by atoms with van der Waals surface area (Å²) in [5.41, 5.74) is 0.769. The normalized spacial score (nSPS) is 34.6. The van der Waals surface area contributed by atoms with E-state index in [2.05, 4.69) is 17.3 Å². The molecule has 2 saturated carbocycles. The molecule has 2 heterocycles. The van der Waals surface area contributed by atoms with E-state index < -0.39 is 0 Å². The molecule has 0 aromatic heterocycles. The lowest BCUT2D eigenvalue weighted by molar-refractivity contribution is -0.141. The molecule has 132 valence electrons. The molecule has 2 aliphatic heterocycles. The minimum absolute atomic E-state index is 0.149. The van der Waals surface area contributed by atoms with Gasteiger partial charge in [-0.3, -0.25) is 9.59 Å². The molecule has 0 unspecified atom stereocenters. The predicted octanol–water partition coefficient (Wildman–Crippen LogP) is 2.60. The molecule has 1 saturated heterocycles. The molecular weight excluding hydrogens is 356 g/mol. The Balaban J connectivity index is 1.31. The molecule has 1 aromatic rings. The highest BCUT2D eigenvalue weighted by molar-refractivity contribution is 6.33. The van der Waals surface area contributed by atoms with Crippen molar-refractivity contribution in [1.82, 2.24) is 5.01 Å². The molecule has 3 fully saturated rings. The van der Waals surface area contributed by atoms with Crippen LogP contribution in [0.2, 0.25) is 5.02 Å². The predicted molar refractivity (Wildman–Crippen MR) is 91.8 cm³/mol. The Morgan fingerprint density at radius 2 is 1.69 bits per heavy atom. The molecule has 3 aliphatic carbocycles. The zero-order valence-corrected chi connectivity index (χ0v) is 14.5. The SMILES string of the molecule is O=C1[C@@H]2[C@@H](C(=O)N1/N=C\c1cc3c(cc1Cl)OCO3)[C@H]1C=C[C@H]2C12CC2. The third-order valence-corrected chi connectivity index (χ3v) is 6.96. The summed E-state index contributed by atoms with van der Waals surface area (Å²) in [5.74, 6) is 0.685. The average molecular weight is 371 g/mol. The van der Waals surface area contributed by atoms with Crippen molar-refractivity contribution in [2.24, 2.45) is 34.2 Å². The van der Waals surface area contributed by atoms with Crippen LogP contribution < -0.4 is 9.47 Å². The number of nitrogens with zero attached hydrogens (tertiary/aromatic N) is 2. The largest absolute Gasteiger partial charge is 0.454 e. The summed E-state index contributed by atoms with van der Waals surface area (Å²) >= 11 is 6.24. The molecule has 26 heavy (non-hydrogen) atoms. The van der Waals surface area contributed by atoms with E-state index in [1.54, 1.807) is 12.1 Å². The molecule has 0 radical (unpaired) electrons. The van der Waals surface area contributed by atoms with E-state index >= 15 is 0 Å². The van der Waals surface area contributed by atoms with Crippen LogP contribution in [0.25, 0.3) is 0 Å². The Labute approximate surface area is 154 Å². The van der Waals surface area contributed by atoms with Crippen molar-refractivity contribution in [3.8, 4) is 11.5 Å². The lowest BCUT2D eigenvalue weighted by Gasteiger charge is -2.18. The van der Waals surface area contributed by atoms with E-state index in [9.17, 15) is 9.59 Å². The molecule has 1 aromatic carbocycles. The molecule has 1 spiro atoms. The van der Waals surface area contributed by atoms with Crippen LogP contribution in [0.3, 0.4) is 0 Å². The molecule has 5 aliphatic rings. The number of halogens is 1. The fourth-order valence-corrected chi connectivity index (χ4v) is 5.53. The van der Waals surface area contributed by atoms with Crippen LogP contribution >= 0.6 is 11.6 Å². The highest BCUT2D eigenvalue weighted by Gasteiger charge is 2.73. The van der Waals surface area contributed by atoms with Gasteiger partial charge in [0, 0.05) is 11.6 Å². The number of imide groups is 1. The van der Waals surface area contributed by atoms with Gasteiger partial charge in [0.15, 0.2) is 11.5 Å². The first-order valence-corrected chi connectivity index (χ1v) is 9.17. The number of hydrazone groups is 1. The van der Waals surface area contributed by atoms with Crippen LogP contribution in [-0.4, -0.2) is 29.8 Å². The van der Waals surface area contributed by atoms with Gasteiger partial charge in [-0.15, -0.1) is 0 Å². The molecule has 7 heteroatoms. The summed E-state index contributed by atoms with van der Waals surface area (Å²) in [5, 5.41) is 5.66. The summed E-state index contributed by atoms with van der Waals surface area (Å²) in [7, 11) is 0. The number of allylic oxidation sites excluding steroid dienone is 2. The van der Waals surface area contributed by atoms with Crippen LogP contribution in [0.5, 0.6) is 11.5 Å². The van der Waals surface area contributed by atoms with Crippen LogP contribution in [-0.2, 0) is 9.59 Å². The van der Waals surface area contributed by atoms with Gasteiger partial charge in [0.05, 0.1) is 23.1 Å². The van der Waals surface area contributed by atoms with Gasteiger partial charge in [-0.1, -0.05) is 23.8 Å². The number of fused-ring (bicyclic) bond motifs is 4. The fourth-order valence-electron chi connectivity index (χ4n) is 5.33. The van der Waals surface area contributed by atoms with Gasteiger partial charge < -0.3 is 9.47 Å². The number of carbonyl (C=O) groups is 2. The first-order chi connectivity index (χ1) is 12.6. The van der Waals surface area contributed by atoms with Gasteiger partial charge in [0.25, 0.3) is 11.8 Å². The smallest absolute Gasteiger partial charge is 0.254 e. The molecular formula is C19H15ClN2O4. The molecule has 0 N–H and O–H groups in total. The minimum atomic E-state index is -0.246. The Hall–Kier alpha value is -2.34. The fraction of sp³-hybridized carbons (Fsp3) is 0.421. The van der Waals surface area contributed by atoms with Crippen molar-refractivity contribution >= 4 is 29.6 Å². The van der Waals surface area contributed by atoms with Crippen molar-refractivity contribution in [1.29, 1.82) is 0 Å². The minimum Gasteiger partial charge on any atom is -0.454 e. The molecule has 2 amide bonds. The summed E-state index contributed by atoms with van der Waals surface area (Å²) in [4.78, 5) is 25.8. The van der Waals surface area contributed by atoms with Crippen LogP contribution in [0.1, 0.15) is 18.4 Å². The Kier molecular flexibility index (Phi) is 2.66. The molecule has 4 atom stereocenters. The molecule has 6 rings (SSSR count). The molecule has 6 nitrogen and oxygen atoms in total. The number of hydrogen-bond acceptors (Lipinski definition) is 5. The van der Waals surface area contributed by atoms with E-state index in [0.717, 1.165) is 17.9 Å². The number of rotatable bonds is 2. The third-order valence-electron chi connectivity index (χ3n) is 6.63. The van der Waals surface area contributed by atoms with Crippen molar-refractivity contribution in [2.45, 2.75) is 12.8 Å². The van der Waals surface area contributed by atoms with Crippen molar-refractivity contribution in [3.05, 3.63) is 34.9 Å². The average Bonchev–Trinajstić information content (AvgIpc) is 2.94. The first kappa shape index (κ1) is 14.8. The number of benzene rings is 1. The second-order valence-electron chi connectivity index (χ2n) is 7.68. The standard InChI is InChI=1S/C19H15ClN2O4/c20-12-6-14-13(25-8-26-14)5-9(12)7-21-22-17(23)15-10-1-2-11(16(15)18(22)24)19(10)3-4-19/h1-2,5-7,10-11,15-16H,3-4,8H2/b21-7-/t10-,11-,15+,16+/m1/s1. The van der Waals surface area contributed by atoms with Gasteiger partial charge in [-0.05, 0) is 36.2 Å². The van der Waals surface area contributed by atoms with Gasteiger partial charge in [-0.25, -0.2) is 0 Å². The van der Waals surface area contributed by atoms with Crippen molar-refractivity contribution in [3.63, 3.8) is 0 Å². The zero-order valence-electron chi connectivity index (χ0n) is 13.7. The van der Waals surface area contributed by atoms with Gasteiger partial charge in [-0.2, -0.15) is 10.1 Å². The van der Waals surface area contributed by atoms with E-state index in [4.69, 9.17) is 21.1 Å². The quantitative estimate of drug-likeness (QED) is 0.456. The van der Waals surface area contributed by atoms with E-state index in [-0.39, 0.29) is 47.7 Å². The van der Waals surface area contributed by atoms with E-state index in [1.165, 1.54) is 6.21 Å². The van der Waals surface area contributed by atoms with E-state index in [1.807, 2.05) is 0 Å². The molecule has 2 bridgehead atoms. The number of amides is 2. The first-order valence-electron chi connectivity index (χ1n) is 8.79. The summed E-state index contributed by atoms with van der Waals surface area (Å²) < 4.78 is 10.6. The van der Waals surface area contributed by atoms with Crippen molar-refractivity contribution in [2.75, 3.05) is 6.79 Å². The topological polar surface area (TPSA) is 68.2 Å². The van der Waals surface area contributed by atoms with Crippen LogP contribution in [0.4, 0.5) is 0 Å². The van der Waals surface area contributed by atoms with Gasteiger partial charge in [0.1, 0.15) is 0 Å². The van der Waals surface area contributed by atoms with Gasteiger partial charge >= 0.3 is 0 Å². The highest BCUT2D eigenvalue weighted by atomic mass is 35.5. The maximum absolute atomic E-state index is 12.9. The summed E-state index contributed by atoms with van der Waals surface area (Å²) in [6, 6.07) is 3.35. The van der Waals surface area contributed by atoms with E-state index in [0.29, 0.717) is 22.1 Å². The second kappa shape index (κ2) is 4.68. The van der Waals surface area contributed by atoms with Crippen LogP contribution in [0.15, 0.2) is 29.4 Å². The highest BCUT2D eigenvalue weighted by Crippen LogP contribution is 2.73. The van der Waals surface area contributed by atoms with Crippen LogP contribution in [0, 0.1) is 29.1 Å². The number of carbonyl (C=O) groups excluding carboxylic acids is 2. The maximum atomic E-state index is 12.9. The second-order valence-corrected chi connectivity index (χ2v) is 8.09. The maximum Gasteiger partial charge on any atom is 0.254 e. The Morgan fingerprint density at radius 1 is 1.08 bits per heavy atom. The third kappa shape index (κ3) is 1.66.